The Balaban J connectivity index is 2.40. The second kappa shape index (κ2) is 3.78. The van der Waals surface area contributed by atoms with E-state index in [1.807, 2.05) is 0 Å². The summed E-state index contributed by atoms with van der Waals surface area (Å²) >= 11 is 4.32. The van der Waals surface area contributed by atoms with Crippen molar-refractivity contribution >= 4 is 12.6 Å². The fraction of sp³-hybridized carbons (Fsp3) is 1.00. The van der Waals surface area contributed by atoms with Gasteiger partial charge >= 0.3 is 0 Å². The van der Waals surface area contributed by atoms with Crippen LogP contribution in [0.1, 0.15) is 20.3 Å². The maximum atomic E-state index is 9.37. The summed E-state index contributed by atoms with van der Waals surface area (Å²) in [5.74, 6) is 0. The summed E-state index contributed by atoms with van der Waals surface area (Å²) in [6, 6.07) is 0.581. The van der Waals surface area contributed by atoms with Crippen molar-refractivity contribution in [3.05, 3.63) is 0 Å². The van der Waals surface area contributed by atoms with E-state index in [4.69, 9.17) is 0 Å². The molecule has 1 fully saturated rings. The van der Waals surface area contributed by atoms with Gasteiger partial charge in [-0.3, -0.25) is 4.90 Å². The molecule has 2 atom stereocenters. The van der Waals surface area contributed by atoms with Gasteiger partial charge in [-0.2, -0.15) is 12.6 Å². The normalized spacial score (nSPS) is 34.6. The molecule has 0 aromatic carbocycles. The Hall–Kier alpha value is 0.270. The molecule has 0 saturated carbocycles. The van der Waals surface area contributed by atoms with Gasteiger partial charge in [0.1, 0.15) is 0 Å². The molecular weight excluding hydrogens is 158 g/mol. The topological polar surface area (TPSA) is 23.5 Å². The fourth-order valence-electron chi connectivity index (χ4n) is 1.41. The third-order valence-electron chi connectivity index (χ3n) is 2.31. The van der Waals surface area contributed by atoms with Gasteiger partial charge in [0.05, 0.1) is 6.10 Å². The third kappa shape index (κ3) is 2.36. The Bertz CT molecular complexity index is 129. The fourth-order valence-corrected chi connectivity index (χ4v) is 1.77. The highest BCUT2D eigenvalue weighted by Gasteiger charge is 2.25. The Morgan fingerprint density at radius 1 is 1.55 bits per heavy atom. The zero-order valence-electron chi connectivity index (χ0n) is 7.20. The molecule has 1 N–H and O–H groups in total. The lowest BCUT2D eigenvalue weighted by atomic mass is 10.1. The zero-order valence-corrected chi connectivity index (χ0v) is 8.09. The van der Waals surface area contributed by atoms with Crippen molar-refractivity contribution in [3.63, 3.8) is 0 Å². The monoisotopic (exact) mass is 175 g/mol. The lowest BCUT2D eigenvalue weighted by Crippen LogP contribution is -2.46. The minimum Gasteiger partial charge on any atom is -0.392 e. The molecule has 0 radical (unpaired) electrons. The van der Waals surface area contributed by atoms with Crippen LogP contribution in [-0.2, 0) is 0 Å². The van der Waals surface area contributed by atoms with E-state index in [0.29, 0.717) is 6.04 Å². The first-order chi connectivity index (χ1) is 5.11. The molecule has 1 aliphatic heterocycles. The van der Waals surface area contributed by atoms with Gasteiger partial charge < -0.3 is 5.11 Å². The minimum absolute atomic E-state index is 0.145. The second-order valence-electron chi connectivity index (χ2n) is 3.51. The smallest absolute Gasteiger partial charge is 0.0680 e. The number of piperidine rings is 1. The van der Waals surface area contributed by atoms with E-state index in [1.54, 1.807) is 0 Å². The summed E-state index contributed by atoms with van der Waals surface area (Å²) in [5, 5.41) is 9.52. The Morgan fingerprint density at radius 2 is 2.18 bits per heavy atom. The van der Waals surface area contributed by atoms with Gasteiger partial charge in [0.25, 0.3) is 0 Å². The maximum absolute atomic E-state index is 9.37. The quantitative estimate of drug-likeness (QED) is 0.575. The van der Waals surface area contributed by atoms with E-state index in [9.17, 15) is 5.11 Å². The highest BCUT2D eigenvalue weighted by molar-refractivity contribution is 7.81. The van der Waals surface area contributed by atoms with Crippen LogP contribution in [0.5, 0.6) is 0 Å². The van der Waals surface area contributed by atoms with Gasteiger partial charge in [0.15, 0.2) is 0 Å². The number of rotatable bonds is 1. The summed E-state index contributed by atoms with van der Waals surface area (Å²) < 4.78 is 0. The first-order valence-corrected chi connectivity index (χ1v) is 4.73. The van der Waals surface area contributed by atoms with Crippen LogP contribution in [0.25, 0.3) is 0 Å². The predicted octanol–water partition coefficient (Wildman–Crippen LogP) is 0.760. The summed E-state index contributed by atoms with van der Waals surface area (Å²) in [5.41, 5.74) is 0. The van der Waals surface area contributed by atoms with Gasteiger partial charge in [0.2, 0.25) is 0 Å². The molecule has 0 bridgehead atoms. The lowest BCUT2D eigenvalue weighted by Gasteiger charge is -2.36. The van der Waals surface area contributed by atoms with E-state index in [2.05, 4.69) is 31.4 Å². The molecule has 2 nitrogen and oxygen atoms in total. The number of aliphatic hydroxyl groups excluding tert-OH is 1. The highest BCUT2D eigenvalue weighted by Crippen LogP contribution is 2.17. The lowest BCUT2D eigenvalue weighted by molar-refractivity contribution is 0.0754. The maximum Gasteiger partial charge on any atom is 0.0680 e. The number of thiol groups is 1. The Kier molecular flexibility index (Phi) is 3.22. The van der Waals surface area contributed by atoms with E-state index < -0.39 is 0 Å². The molecule has 0 amide bonds. The zero-order chi connectivity index (χ0) is 8.43. The van der Waals surface area contributed by atoms with Crippen molar-refractivity contribution < 1.29 is 5.11 Å². The molecule has 66 valence electrons. The van der Waals surface area contributed by atoms with Crippen LogP contribution in [0.2, 0.25) is 0 Å². The number of hydrogen-bond acceptors (Lipinski definition) is 3. The van der Waals surface area contributed by atoms with Crippen LogP contribution in [0.3, 0.4) is 0 Å². The van der Waals surface area contributed by atoms with Crippen molar-refractivity contribution in [2.75, 3.05) is 13.1 Å². The van der Waals surface area contributed by atoms with Crippen molar-refractivity contribution in [2.45, 2.75) is 37.7 Å². The van der Waals surface area contributed by atoms with Crippen LogP contribution in [-0.4, -0.2) is 40.5 Å². The van der Waals surface area contributed by atoms with E-state index >= 15 is 0 Å². The molecule has 1 aliphatic rings. The number of nitrogens with zero attached hydrogens (tertiary/aromatic N) is 1. The van der Waals surface area contributed by atoms with E-state index in [1.165, 1.54) is 0 Å². The van der Waals surface area contributed by atoms with Gasteiger partial charge in [-0.15, -0.1) is 0 Å². The van der Waals surface area contributed by atoms with Gasteiger partial charge in [-0.05, 0) is 20.3 Å². The molecule has 1 rings (SSSR count). The predicted molar refractivity (Wildman–Crippen MR) is 50.1 cm³/mol. The van der Waals surface area contributed by atoms with Crippen LogP contribution >= 0.6 is 12.6 Å². The van der Waals surface area contributed by atoms with Crippen molar-refractivity contribution in [2.24, 2.45) is 0 Å². The van der Waals surface area contributed by atoms with Crippen molar-refractivity contribution in [1.29, 1.82) is 0 Å². The average Bonchev–Trinajstić information content (AvgIpc) is 1.94. The SMILES string of the molecule is CC(C)N1CCC(O)[C@@H](S)C1. The Labute approximate surface area is 74.0 Å². The van der Waals surface area contributed by atoms with Crippen molar-refractivity contribution in [3.8, 4) is 0 Å². The first kappa shape index (κ1) is 9.36. The van der Waals surface area contributed by atoms with Crippen LogP contribution in [0.15, 0.2) is 0 Å². The minimum atomic E-state index is -0.201. The molecule has 1 heterocycles. The average molecular weight is 175 g/mol. The van der Waals surface area contributed by atoms with Crippen LogP contribution < -0.4 is 0 Å². The van der Waals surface area contributed by atoms with E-state index in [-0.39, 0.29) is 11.4 Å². The van der Waals surface area contributed by atoms with Gasteiger partial charge in [-0.1, -0.05) is 0 Å². The van der Waals surface area contributed by atoms with Crippen LogP contribution in [0, 0.1) is 0 Å². The van der Waals surface area contributed by atoms with Gasteiger partial charge in [-0.25, -0.2) is 0 Å². The first-order valence-electron chi connectivity index (χ1n) is 4.21. The molecule has 1 unspecified atom stereocenters. The number of aliphatic hydroxyl groups is 1. The number of hydrogen-bond donors (Lipinski definition) is 2. The summed E-state index contributed by atoms with van der Waals surface area (Å²) in [7, 11) is 0. The third-order valence-corrected chi connectivity index (χ3v) is 2.82. The molecule has 0 aliphatic carbocycles. The molecule has 11 heavy (non-hydrogen) atoms. The highest BCUT2D eigenvalue weighted by atomic mass is 32.1. The standard InChI is InChI=1S/C8H17NOS/c1-6(2)9-4-3-7(10)8(11)5-9/h6-8,10-11H,3-5H2,1-2H3/t7?,8-/m0/s1. The molecule has 0 aromatic rings. The Morgan fingerprint density at radius 3 is 2.64 bits per heavy atom. The van der Waals surface area contributed by atoms with Gasteiger partial charge in [0, 0.05) is 24.4 Å². The second-order valence-corrected chi connectivity index (χ2v) is 4.18. The summed E-state index contributed by atoms with van der Waals surface area (Å²) in [4.78, 5) is 2.35. The summed E-state index contributed by atoms with van der Waals surface area (Å²) in [6.45, 7) is 6.29. The van der Waals surface area contributed by atoms with Crippen molar-refractivity contribution in [1.82, 2.24) is 4.90 Å². The van der Waals surface area contributed by atoms with E-state index in [0.717, 1.165) is 19.5 Å². The van der Waals surface area contributed by atoms with Crippen LogP contribution in [0.4, 0.5) is 0 Å². The largest absolute Gasteiger partial charge is 0.392 e. The molecule has 3 heteroatoms. The molecule has 0 aromatic heterocycles. The summed E-state index contributed by atoms with van der Waals surface area (Å²) in [6.07, 6.45) is 0.667. The molecule has 1 saturated heterocycles. The molecular formula is C8H17NOS. The number of likely N-dealkylation sites (tertiary alicyclic amines) is 1. The molecule has 0 spiro atoms.